The van der Waals surface area contributed by atoms with Crippen molar-refractivity contribution >= 4 is 23.1 Å². The Bertz CT molecular complexity index is 190. The largest absolute Gasteiger partial charge is 2.00 e. The van der Waals surface area contributed by atoms with Crippen LogP contribution in [0.5, 0.6) is 0 Å². The minimum Gasteiger partial charge on any atom is -1.00 e. The summed E-state index contributed by atoms with van der Waals surface area (Å²) in [5.41, 5.74) is 0. The van der Waals surface area contributed by atoms with Crippen LogP contribution in [-0.2, 0) is 9.47 Å². The Hall–Kier alpha value is 0.976. The molecule has 0 N–H and O–H groups in total. The molecule has 0 saturated heterocycles. The maximum absolute atomic E-state index is 5.95. The molecule has 4 heteroatoms. The van der Waals surface area contributed by atoms with E-state index in [0.29, 0.717) is 0 Å². The zero-order valence-electron chi connectivity index (χ0n) is 16.5. The Morgan fingerprint density at radius 2 is 1.12 bits per heavy atom. The second-order valence-corrected chi connectivity index (χ2v) is 6.35. The van der Waals surface area contributed by atoms with Gasteiger partial charge in [0.2, 0.25) is 0 Å². The average molecular weight is 373 g/mol. The van der Waals surface area contributed by atoms with Crippen LogP contribution in [0.1, 0.15) is 104 Å². The van der Waals surface area contributed by atoms with E-state index in [9.17, 15) is 0 Å². The van der Waals surface area contributed by atoms with Crippen molar-refractivity contribution in [2.75, 3.05) is 13.2 Å². The van der Waals surface area contributed by atoms with Crippen molar-refractivity contribution in [3.63, 3.8) is 0 Å². The molecule has 0 amide bonds. The van der Waals surface area contributed by atoms with Crippen LogP contribution in [0.2, 0.25) is 0 Å². The summed E-state index contributed by atoms with van der Waals surface area (Å²) in [6.45, 7) is 10.1. The fraction of sp³-hybridized carbons (Fsp3) is 0.950. The summed E-state index contributed by atoms with van der Waals surface area (Å²) >= 11 is 0. The minimum absolute atomic E-state index is 0. The third kappa shape index (κ3) is 23.0. The molecular weight excluding hydrogens is 332 g/mol. The standard InChI is InChI=1S/C20H41O2.ClH.Mg/c1-4-7-10-12-15-18-21-20(17-14-9-6-3)22-19-16-13-11-8-5-2;;/h20H,3-19H2,1-2H3;1H;/q-1;;+2/p-1. The smallest absolute Gasteiger partial charge is 1.00 e. The minimum atomic E-state index is 0. The van der Waals surface area contributed by atoms with Gasteiger partial charge in [0, 0.05) is 13.2 Å². The first kappa shape index (κ1) is 29.7. The molecular formula is C20H41ClMgO2. The molecule has 0 rings (SSSR count). The molecule has 0 aliphatic carbocycles. The number of hydrogen-bond donors (Lipinski definition) is 0. The maximum atomic E-state index is 5.95. The van der Waals surface area contributed by atoms with E-state index < -0.39 is 0 Å². The second kappa shape index (κ2) is 26.2. The van der Waals surface area contributed by atoms with Gasteiger partial charge in [-0.2, -0.15) is 6.42 Å². The van der Waals surface area contributed by atoms with Gasteiger partial charge < -0.3 is 28.8 Å². The molecule has 0 unspecified atom stereocenters. The summed E-state index contributed by atoms with van der Waals surface area (Å²) in [5.74, 6) is 0. The third-order valence-corrected chi connectivity index (χ3v) is 4.04. The zero-order valence-corrected chi connectivity index (χ0v) is 18.7. The summed E-state index contributed by atoms with van der Waals surface area (Å²) in [6, 6.07) is 0. The second-order valence-electron chi connectivity index (χ2n) is 6.35. The Labute approximate surface area is 174 Å². The number of rotatable bonds is 18. The van der Waals surface area contributed by atoms with Gasteiger partial charge >= 0.3 is 23.1 Å². The van der Waals surface area contributed by atoms with Crippen molar-refractivity contribution in [3.8, 4) is 0 Å². The molecule has 0 saturated carbocycles. The van der Waals surface area contributed by atoms with Crippen molar-refractivity contribution in [2.45, 2.75) is 110 Å². The third-order valence-electron chi connectivity index (χ3n) is 4.04. The van der Waals surface area contributed by atoms with Crippen molar-refractivity contribution in [3.05, 3.63) is 6.92 Å². The van der Waals surface area contributed by atoms with Crippen LogP contribution in [0.25, 0.3) is 0 Å². The van der Waals surface area contributed by atoms with Gasteiger partial charge in [0.1, 0.15) is 0 Å². The Balaban J connectivity index is -0.00000220. The van der Waals surface area contributed by atoms with Crippen molar-refractivity contribution < 1.29 is 21.9 Å². The fourth-order valence-corrected chi connectivity index (χ4v) is 2.54. The van der Waals surface area contributed by atoms with Crippen LogP contribution >= 0.6 is 0 Å². The van der Waals surface area contributed by atoms with Crippen molar-refractivity contribution in [2.24, 2.45) is 0 Å². The van der Waals surface area contributed by atoms with E-state index >= 15 is 0 Å². The summed E-state index contributed by atoms with van der Waals surface area (Å²) < 4.78 is 11.9. The summed E-state index contributed by atoms with van der Waals surface area (Å²) in [5, 5.41) is 0. The van der Waals surface area contributed by atoms with E-state index in [1.165, 1.54) is 77.0 Å². The van der Waals surface area contributed by atoms with Gasteiger partial charge in [-0.15, -0.1) is 0 Å². The SMILES string of the molecule is [CH2-]CCCCC(OCCCCCCC)OCCCCCCC.[Cl-].[Mg+2]. The van der Waals surface area contributed by atoms with Gasteiger partial charge in [-0.3, -0.25) is 0 Å². The summed E-state index contributed by atoms with van der Waals surface area (Å²) in [7, 11) is 0. The molecule has 24 heavy (non-hydrogen) atoms. The van der Waals surface area contributed by atoms with E-state index in [2.05, 4.69) is 20.8 Å². The molecule has 0 radical (unpaired) electrons. The molecule has 142 valence electrons. The van der Waals surface area contributed by atoms with E-state index in [1.54, 1.807) is 0 Å². The van der Waals surface area contributed by atoms with Gasteiger partial charge in [-0.1, -0.05) is 78.1 Å². The normalized spacial score (nSPS) is 10.5. The molecule has 0 heterocycles. The van der Waals surface area contributed by atoms with E-state index in [4.69, 9.17) is 9.47 Å². The van der Waals surface area contributed by atoms with Gasteiger partial charge in [0.05, 0.1) is 0 Å². The van der Waals surface area contributed by atoms with Gasteiger partial charge in [-0.05, 0) is 19.3 Å². The van der Waals surface area contributed by atoms with Crippen LogP contribution in [-0.4, -0.2) is 42.6 Å². The molecule has 0 fully saturated rings. The topological polar surface area (TPSA) is 18.5 Å². The monoisotopic (exact) mass is 372 g/mol. The van der Waals surface area contributed by atoms with E-state index in [-0.39, 0.29) is 41.7 Å². The molecule has 0 atom stereocenters. The first-order valence-electron chi connectivity index (χ1n) is 9.87. The Morgan fingerprint density at radius 1 is 0.667 bits per heavy atom. The zero-order chi connectivity index (χ0) is 16.3. The molecule has 0 aliphatic heterocycles. The maximum Gasteiger partial charge on any atom is 2.00 e. The molecule has 0 bridgehead atoms. The van der Waals surface area contributed by atoms with Crippen LogP contribution in [0, 0.1) is 6.92 Å². The van der Waals surface area contributed by atoms with Crippen molar-refractivity contribution in [1.82, 2.24) is 0 Å². The van der Waals surface area contributed by atoms with Crippen LogP contribution in [0.3, 0.4) is 0 Å². The number of hydrogen-bond acceptors (Lipinski definition) is 2. The summed E-state index contributed by atoms with van der Waals surface area (Å²) in [6.07, 6.45) is 17.3. The first-order valence-corrected chi connectivity index (χ1v) is 9.87. The average Bonchev–Trinajstić information content (AvgIpc) is 2.53. The molecule has 0 aromatic heterocycles. The van der Waals surface area contributed by atoms with Gasteiger partial charge in [-0.25, -0.2) is 0 Å². The van der Waals surface area contributed by atoms with Crippen LogP contribution in [0.15, 0.2) is 0 Å². The summed E-state index contributed by atoms with van der Waals surface area (Å²) in [4.78, 5) is 0. The number of halogens is 1. The fourth-order valence-electron chi connectivity index (χ4n) is 2.54. The molecule has 0 aromatic rings. The predicted octanol–water partition coefficient (Wildman–Crippen LogP) is 3.30. The Kier molecular flexibility index (Phi) is 32.5. The van der Waals surface area contributed by atoms with Crippen molar-refractivity contribution in [1.29, 1.82) is 0 Å². The molecule has 2 nitrogen and oxygen atoms in total. The number of unbranched alkanes of at least 4 members (excludes halogenated alkanes) is 10. The van der Waals surface area contributed by atoms with E-state index in [1.807, 2.05) is 0 Å². The Morgan fingerprint density at radius 3 is 1.54 bits per heavy atom. The quantitative estimate of drug-likeness (QED) is 0.159. The van der Waals surface area contributed by atoms with Gasteiger partial charge in [0.25, 0.3) is 0 Å². The first-order chi connectivity index (χ1) is 10.8. The van der Waals surface area contributed by atoms with E-state index in [0.717, 1.165) is 26.1 Å². The predicted molar refractivity (Wildman–Crippen MR) is 103 cm³/mol. The molecule has 0 aliphatic rings. The molecule has 0 spiro atoms. The van der Waals surface area contributed by atoms with Crippen LogP contribution < -0.4 is 12.4 Å². The van der Waals surface area contributed by atoms with Gasteiger partial charge in [0.15, 0.2) is 6.29 Å². The molecule has 0 aromatic carbocycles. The number of ether oxygens (including phenoxy) is 2. The van der Waals surface area contributed by atoms with Crippen LogP contribution in [0.4, 0.5) is 0 Å².